The molecule has 0 rings (SSSR count). The first kappa shape index (κ1) is 9.72. The van der Waals surface area contributed by atoms with E-state index >= 15 is 0 Å². The van der Waals surface area contributed by atoms with Gasteiger partial charge in [-0.25, -0.2) is 0 Å². The summed E-state index contributed by atoms with van der Waals surface area (Å²) in [7, 11) is -1.18. The van der Waals surface area contributed by atoms with Crippen molar-refractivity contribution in [3.8, 4) is 0 Å². The van der Waals surface area contributed by atoms with Crippen molar-refractivity contribution in [2.45, 2.75) is 32.5 Å². The van der Waals surface area contributed by atoms with Crippen LogP contribution in [-0.2, 0) is 0 Å². The lowest BCUT2D eigenvalue weighted by Crippen LogP contribution is -2.07. The van der Waals surface area contributed by atoms with Crippen LogP contribution in [0.1, 0.15) is 26.2 Å². The van der Waals surface area contributed by atoms with Gasteiger partial charge in [-0.3, -0.25) is 0 Å². The van der Waals surface area contributed by atoms with Crippen molar-refractivity contribution in [3.05, 3.63) is 12.2 Å². The van der Waals surface area contributed by atoms with Gasteiger partial charge in [-0.1, -0.05) is 31.9 Å². The van der Waals surface area contributed by atoms with Crippen LogP contribution in [0.25, 0.3) is 0 Å². The summed E-state index contributed by atoms with van der Waals surface area (Å²) in [4.78, 5) is 0. The van der Waals surface area contributed by atoms with Crippen LogP contribution in [0.4, 0.5) is 0 Å². The summed E-state index contributed by atoms with van der Waals surface area (Å²) in [5, 5.41) is 16.8. The van der Waals surface area contributed by atoms with Gasteiger partial charge >= 0.3 is 7.12 Å². The Kier molecular flexibility index (Phi) is 6.65. The lowest BCUT2D eigenvalue weighted by molar-refractivity contribution is 0.411. The van der Waals surface area contributed by atoms with E-state index in [9.17, 15) is 0 Å². The van der Waals surface area contributed by atoms with E-state index in [0.29, 0.717) is 6.32 Å². The van der Waals surface area contributed by atoms with Gasteiger partial charge in [0, 0.05) is 0 Å². The van der Waals surface area contributed by atoms with Gasteiger partial charge in [0.15, 0.2) is 0 Å². The van der Waals surface area contributed by atoms with Gasteiger partial charge in [0.1, 0.15) is 0 Å². The second kappa shape index (κ2) is 6.84. The van der Waals surface area contributed by atoms with Gasteiger partial charge in [-0.05, 0) is 12.7 Å². The fraction of sp³-hybridized carbons (Fsp3) is 0.714. The highest BCUT2D eigenvalue weighted by Crippen LogP contribution is 1.96. The quantitative estimate of drug-likeness (QED) is 0.344. The van der Waals surface area contributed by atoms with Crippen LogP contribution in [0.2, 0.25) is 6.32 Å². The maximum Gasteiger partial charge on any atom is 0.455 e. The zero-order valence-corrected chi connectivity index (χ0v) is 6.45. The minimum Gasteiger partial charge on any atom is -0.427 e. The molecule has 0 unspecified atom stereocenters. The van der Waals surface area contributed by atoms with E-state index < -0.39 is 7.12 Å². The summed E-state index contributed by atoms with van der Waals surface area (Å²) >= 11 is 0. The Labute approximate surface area is 62.7 Å². The Bertz CT molecular complexity index is 91.6. The molecule has 0 amide bonds. The maximum atomic E-state index is 8.41. The molecule has 0 aliphatic rings. The number of allylic oxidation sites excluding steroid dienone is 2. The van der Waals surface area contributed by atoms with Gasteiger partial charge in [-0.15, -0.1) is 0 Å². The molecule has 0 aromatic heterocycles. The number of hydrogen-bond acceptors (Lipinski definition) is 2. The van der Waals surface area contributed by atoms with E-state index in [-0.39, 0.29) is 0 Å². The van der Waals surface area contributed by atoms with Gasteiger partial charge in [0.25, 0.3) is 0 Å². The SMILES string of the molecule is CCCC/C=C/CB(O)O. The Morgan fingerprint density at radius 1 is 1.30 bits per heavy atom. The molecule has 0 aliphatic carbocycles. The second-order valence-electron chi connectivity index (χ2n) is 2.33. The highest BCUT2D eigenvalue weighted by molar-refractivity contribution is 6.41. The van der Waals surface area contributed by atoms with Crippen molar-refractivity contribution in [1.29, 1.82) is 0 Å². The predicted molar refractivity (Wildman–Crippen MR) is 43.7 cm³/mol. The summed E-state index contributed by atoms with van der Waals surface area (Å²) in [6.07, 6.45) is 7.56. The third-order valence-electron chi connectivity index (χ3n) is 1.24. The third-order valence-corrected chi connectivity index (χ3v) is 1.24. The van der Waals surface area contributed by atoms with Crippen molar-refractivity contribution >= 4 is 7.12 Å². The van der Waals surface area contributed by atoms with E-state index in [1.54, 1.807) is 6.08 Å². The molecule has 3 heteroatoms. The molecule has 0 spiro atoms. The minimum atomic E-state index is -1.18. The summed E-state index contributed by atoms with van der Waals surface area (Å²) in [5.41, 5.74) is 0. The fourth-order valence-corrected chi connectivity index (χ4v) is 0.658. The van der Waals surface area contributed by atoms with Gasteiger partial charge in [0.2, 0.25) is 0 Å². The van der Waals surface area contributed by atoms with Crippen LogP contribution < -0.4 is 0 Å². The number of rotatable bonds is 5. The van der Waals surface area contributed by atoms with Crippen LogP contribution in [0.3, 0.4) is 0 Å². The van der Waals surface area contributed by atoms with Crippen molar-refractivity contribution in [1.82, 2.24) is 0 Å². The van der Waals surface area contributed by atoms with E-state index in [4.69, 9.17) is 10.0 Å². The van der Waals surface area contributed by atoms with Crippen LogP contribution in [-0.4, -0.2) is 17.2 Å². The van der Waals surface area contributed by atoms with Crippen LogP contribution >= 0.6 is 0 Å². The van der Waals surface area contributed by atoms with Crippen LogP contribution in [0.15, 0.2) is 12.2 Å². The van der Waals surface area contributed by atoms with Gasteiger partial charge in [0.05, 0.1) is 0 Å². The van der Waals surface area contributed by atoms with E-state index in [1.165, 1.54) is 12.8 Å². The van der Waals surface area contributed by atoms with E-state index in [0.717, 1.165) is 6.42 Å². The first-order valence-electron chi connectivity index (χ1n) is 3.78. The molecule has 0 radical (unpaired) electrons. The maximum absolute atomic E-state index is 8.41. The first-order chi connectivity index (χ1) is 4.77. The molecule has 0 aromatic rings. The molecule has 0 atom stereocenters. The number of hydrogen-bond donors (Lipinski definition) is 2. The summed E-state index contributed by atoms with van der Waals surface area (Å²) in [6.45, 7) is 2.13. The van der Waals surface area contributed by atoms with Gasteiger partial charge in [-0.2, -0.15) is 0 Å². The van der Waals surface area contributed by atoms with Crippen molar-refractivity contribution in [3.63, 3.8) is 0 Å². The lowest BCUT2D eigenvalue weighted by Gasteiger charge is -1.90. The fourth-order valence-electron chi connectivity index (χ4n) is 0.658. The molecule has 58 valence electrons. The topological polar surface area (TPSA) is 40.5 Å². The molecular weight excluding hydrogens is 127 g/mol. The molecule has 0 saturated carbocycles. The van der Waals surface area contributed by atoms with Crippen LogP contribution in [0, 0.1) is 0 Å². The lowest BCUT2D eigenvalue weighted by atomic mass is 9.86. The summed E-state index contributed by atoms with van der Waals surface area (Å²) in [6, 6.07) is 0. The number of unbranched alkanes of at least 4 members (excludes halogenated alkanes) is 2. The average molecular weight is 142 g/mol. The smallest absolute Gasteiger partial charge is 0.427 e. The molecule has 2 N–H and O–H groups in total. The van der Waals surface area contributed by atoms with Gasteiger partial charge < -0.3 is 10.0 Å². The second-order valence-corrected chi connectivity index (χ2v) is 2.33. The standard InChI is InChI=1S/C7H15BO2/c1-2-3-4-5-6-7-8(9)10/h5-6,9-10H,2-4,7H2,1H3/b6-5+. The Morgan fingerprint density at radius 2 is 2.00 bits per heavy atom. The predicted octanol–water partition coefficient (Wildman–Crippen LogP) is 1.21. The van der Waals surface area contributed by atoms with E-state index in [1.807, 2.05) is 6.08 Å². The molecule has 0 bridgehead atoms. The highest BCUT2D eigenvalue weighted by atomic mass is 16.4. The molecule has 0 fully saturated rings. The summed E-state index contributed by atoms with van der Waals surface area (Å²) in [5.74, 6) is 0. The van der Waals surface area contributed by atoms with Crippen molar-refractivity contribution in [2.24, 2.45) is 0 Å². The average Bonchev–Trinajstić information content (AvgIpc) is 1.87. The van der Waals surface area contributed by atoms with Crippen molar-refractivity contribution in [2.75, 3.05) is 0 Å². The molecular formula is C7H15BO2. The molecule has 0 heterocycles. The van der Waals surface area contributed by atoms with Crippen LogP contribution in [0.5, 0.6) is 0 Å². The summed E-state index contributed by atoms with van der Waals surface area (Å²) < 4.78 is 0. The Morgan fingerprint density at radius 3 is 2.50 bits per heavy atom. The Hall–Kier alpha value is -0.275. The van der Waals surface area contributed by atoms with E-state index in [2.05, 4.69) is 6.92 Å². The largest absolute Gasteiger partial charge is 0.455 e. The zero-order valence-electron chi connectivity index (χ0n) is 6.45. The molecule has 0 aromatic carbocycles. The molecule has 0 aliphatic heterocycles. The normalized spacial score (nSPS) is 10.7. The first-order valence-corrected chi connectivity index (χ1v) is 3.78. The monoisotopic (exact) mass is 142 g/mol. The zero-order chi connectivity index (χ0) is 7.82. The third kappa shape index (κ3) is 7.72. The Balaban J connectivity index is 3.04. The molecule has 0 saturated heterocycles. The minimum absolute atomic E-state index is 0.351. The highest BCUT2D eigenvalue weighted by Gasteiger charge is 2.00. The molecule has 2 nitrogen and oxygen atoms in total. The molecule has 10 heavy (non-hydrogen) atoms. The van der Waals surface area contributed by atoms with Crippen molar-refractivity contribution < 1.29 is 10.0 Å².